The van der Waals surface area contributed by atoms with E-state index in [4.69, 9.17) is 19.1 Å². The van der Waals surface area contributed by atoms with Gasteiger partial charge in [0.15, 0.2) is 0 Å². The van der Waals surface area contributed by atoms with Gasteiger partial charge in [-0.15, -0.1) is 0 Å². The first-order valence-electron chi connectivity index (χ1n) is 8.82. The van der Waals surface area contributed by atoms with Crippen molar-refractivity contribution in [3.63, 3.8) is 0 Å². The van der Waals surface area contributed by atoms with Crippen molar-refractivity contribution < 1.29 is 23.9 Å². The third-order valence-corrected chi connectivity index (χ3v) is 4.50. The minimum Gasteiger partial charge on any atom is -0.488 e. The molecule has 26 heavy (non-hydrogen) atoms. The van der Waals surface area contributed by atoms with Crippen molar-refractivity contribution in [1.29, 1.82) is 0 Å². The van der Waals surface area contributed by atoms with Crippen molar-refractivity contribution in [2.45, 2.75) is 45.4 Å². The van der Waals surface area contributed by atoms with Gasteiger partial charge < -0.3 is 24.4 Å². The largest absolute Gasteiger partial charge is 0.488 e. The number of nitrogens with zero attached hydrogens (tertiary/aromatic N) is 1. The molecular weight excluding hydrogens is 336 g/mol. The van der Waals surface area contributed by atoms with E-state index in [0.29, 0.717) is 48.8 Å². The second-order valence-corrected chi connectivity index (χ2v) is 6.32. The normalized spacial score (nSPS) is 20.0. The molecular formula is C19H24N2O5. The Bertz CT molecular complexity index is 741. The first-order chi connectivity index (χ1) is 12.6. The highest BCUT2D eigenvalue weighted by molar-refractivity contribution is 5.96. The molecule has 2 aromatic rings. The zero-order valence-corrected chi connectivity index (χ0v) is 15.0. The Kier molecular flexibility index (Phi) is 5.90. The van der Waals surface area contributed by atoms with E-state index in [0.717, 1.165) is 5.56 Å². The van der Waals surface area contributed by atoms with E-state index in [1.54, 1.807) is 6.92 Å². The summed E-state index contributed by atoms with van der Waals surface area (Å²) in [5.74, 6) is 0.984. The van der Waals surface area contributed by atoms with Gasteiger partial charge in [-0.05, 0) is 31.0 Å². The Morgan fingerprint density at radius 1 is 1.38 bits per heavy atom. The third-order valence-electron chi connectivity index (χ3n) is 4.50. The molecule has 1 fully saturated rings. The highest BCUT2D eigenvalue weighted by atomic mass is 16.5. The number of hydrogen-bond acceptors (Lipinski definition) is 6. The number of nitrogens with one attached hydrogen (secondary N) is 1. The van der Waals surface area contributed by atoms with Crippen LogP contribution in [0.3, 0.4) is 0 Å². The number of carbonyl (C=O) groups is 1. The van der Waals surface area contributed by atoms with Gasteiger partial charge in [0.1, 0.15) is 23.2 Å². The zero-order chi connectivity index (χ0) is 18.5. The van der Waals surface area contributed by atoms with Gasteiger partial charge in [-0.25, -0.2) is 0 Å². The molecule has 7 nitrogen and oxygen atoms in total. The maximum absolute atomic E-state index is 12.7. The number of amides is 1. The number of hydrogen-bond donors (Lipinski definition) is 2. The molecule has 140 valence electrons. The van der Waals surface area contributed by atoms with Crippen LogP contribution in [0.15, 0.2) is 28.8 Å². The molecule has 1 saturated heterocycles. The Hall–Kier alpha value is -2.38. The fourth-order valence-corrected chi connectivity index (χ4v) is 3.03. The van der Waals surface area contributed by atoms with Gasteiger partial charge in [0.05, 0.1) is 31.6 Å². The number of benzene rings is 1. The van der Waals surface area contributed by atoms with Crippen LogP contribution in [0.25, 0.3) is 0 Å². The lowest BCUT2D eigenvalue weighted by molar-refractivity contribution is -0.00292. The molecule has 3 rings (SSSR count). The lowest BCUT2D eigenvalue weighted by Crippen LogP contribution is -2.52. The van der Waals surface area contributed by atoms with Gasteiger partial charge in [-0.3, -0.25) is 4.79 Å². The summed E-state index contributed by atoms with van der Waals surface area (Å²) >= 11 is 0. The number of aryl methyl sites for hydroxylation is 2. The van der Waals surface area contributed by atoms with Crippen LogP contribution in [0.2, 0.25) is 0 Å². The van der Waals surface area contributed by atoms with Crippen molar-refractivity contribution in [1.82, 2.24) is 10.5 Å². The number of ether oxygens (including phenoxy) is 2. The van der Waals surface area contributed by atoms with Crippen molar-refractivity contribution in [2.75, 3.05) is 13.2 Å². The molecule has 0 radical (unpaired) electrons. The van der Waals surface area contributed by atoms with E-state index in [1.807, 2.05) is 31.2 Å². The fourth-order valence-electron chi connectivity index (χ4n) is 3.03. The minimum atomic E-state index is -0.271. The molecule has 0 aliphatic carbocycles. The van der Waals surface area contributed by atoms with Crippen LogP contribution in [0.1, 0.15) is 40.7 Å². The maximum Gasteiger partial charge on any atom is 0.257 e. The van der Waals surface area contributed by atoms with E-state index in [-0.39, 0.29) is 24.7 Å². The van der Waals surface area contributed by atoms with Crippen molar-refractivity contribution in [3.8, 4) is 5.75 Å². The predicted molar refractivity (Wildman–Crippen MR) is 94.1 cm³/mol. The topological polar surface area (TPSA) is 93.8 Å². The molecule has 7 heteroatoms. The Morgan fingerprint density at radius 3 is 2.85 bits per heavy atom. The average molecular weight is 360 g/mol. The molecule has 1 aliphatic heterocycles. The molecule has 2 N–H and O–H groups in total. The predicted octanol–water partition coefficient (Wildman–Crippen LogP) is 2.00. The van der Waals surface area contributed by atoms with Crippen LogP contribution in [-0.4, -0.2) is 41.5 Å². The van der Waals surface area contributed by atoms with Crippen LogP contribution in [0.4, 0.5) is 0 Å². The van der Waals surface area contributed by atoms with E-state index in [2.05, 4.69) is 10.5 Å². The first kappa shape index (κ1) is 18.4. The van der Waals surface area contributed by atoms with Crippen LogP contribution >= 0.6 is 0 Å². The van der Waals surface area contributed by atoms with Gasteiger partial charge in [0.25, 0.3) is 5.91 Å². The molecule has 2 heterocycles. The van der Waals surface area contributed by atoms with Gasteiger partial charge >= 0.3 is 0 Å². The monoisotopic (exact) mass is 360 g/mol. The average Bonchev–Trinajstić information content (AvgIpc) is 3.04. The summed E-state index contributed by atoms with van der Waals surface area (Å²) < 4.78 is 16.7. The van der Waals surface area contributed by atoms with Crippen LogP contribution in [0.5, 0.6) is 5.75 Å². The second-order valence-electron chi connectivity index (χ2n) is 6.32. The van der Waals surface area contributed by atoms with Crippen molar-refractivity contribution >= 4 is 5.91 Å². The molecule has 1 amide bonds. The van der Waals surface area contributed by atoms with E-state index in [9.17, 15) is 4.79 Å². The number of carbonyl (C=O) groups excluding carboxylic acids is 1. The highest BCUT2D eigenvalue weighted by Gasteiger charge is 2.31. The van der Waals surface area contributed by atoms with Gasteiger partial charge in [-0.1, -0.05) is 24.2 Å². The number of aromatic nitrogens is 1. The molecule has 1 aliphatic rings. The molecule has 0 saturated carbocycles. The Morgan fingerprint density at radius 2 is 2.15 bits per heavy atom. The second kappa shape index (κ2) is 8.33. The van der Waals surface area contributed by atoms with Gasteiger partial charge in [0, 0.05) is 6.42 Å². The summed E-state index contributed by atoms with van der Waals surface area (Å²) in [7, 11) is 0. The summed E-state index contributed by atoms with van der Waals surface area (Å²) in [6.07, 6.45) is 1.10. The lowest BCUT2D eigenvalue weighted by Gasteiger charge is -2.32. The third kappa shape index (κ3) is 4.05. The van der Waals surface area contributed by atoms with E-state index < -0.39 is 0 Å². The quantitative estimate of drug-likeness (QED) is 0.818. The summed E-state index contributed by atoms with van der Waals surface area (Å²) in [6.45, 7) is 4.62. The summed E-state index contributed by atoms with van der Waals surface area (Å²) in [5, 5.41) is 16.1. The van der Waals surface area contributed by atoms with E-state index in [1.165, 1.54) is 0 Å². The van der Waals surface area contributed by atoms with E-state index >= 15 is 0 Å². The number of aliphatic hydroxyl groups is 1. The smallest absolute Gasteiger partial charge is 0.257 e. The number of rotatable bonds is 6. The summed E-state index contributed by atoms with van der Waals surface area (Å²) in [4.78, 5) is 12.7. The fraction of sp³-hybridized carbons (Fsp3) is 0.474. The van der Waals surface area contributed by atoms with Gasteiger partial charge in [0.2, 0.25) is 0 Å². The highest BCUT2D eigenvalue weighted by Crippen LogP contribution is 2.20. The zero-order valence-electron chi connectivity index (χ0n) is 15.0. The maximum atomic E-state index is 12.7. The van der Waals surface area contributed by atoms with Crippen molar-refractivity contribution in [2.24, 2.45) is 0 Å². The molecule has 1 aromatic heterocycles. The molecule has 1 aromatic carbocycles. The van der Waals surface area contributed by atoms with Gasteiger partial charge in [-0.2, -0.15) is 0 Å². The number of aliphatic hydroxyl groups excluding tert-OH is 1. The van der Waals surface area contributed by atoms with Crippen LogP contribution in [-0.2, 0) is 17.8 Å². The SMILES string of the molecule is CCc1noc(C)c1C(=O)N[C@@H]1COCC[C@H]1Oc1ccc(CO)cc1. The molecule has 2 atom stereocenters. The Labute approximate surface area is 152 Å². The standard InChI is InChI=1S/C19H24N2O5/c1-3-15-18(12(2)26-21-15)19(23)20-16-11-24-9-8-17(16)25-14-6-4-13(10-22)5-7-14/h4-7,16-17,22H,3,8-11H2,1-2H3,(H,20,23)/t16-,17-/m1/s1. The van der Waals surface area contributed by atoms with Crippen LogP contribution in [0, 0.1) is 6.92 Å². The molecule has 0 spiro atoms. The first-order valence-corrected chi connectivity index (χ1v) is 8.82. The molecule has 0 unspecified atom stereocenters. The summed E-state index contributed by atoms with van der Waals surface area (Å²) in [6, 6.07) is 7.00. The Balaban J connectivity index is 1.70. The van der Waals surface area contributed by atoms with Crippen molar-refractivity contribution in [3.05, 3.63) is 46.8 Å². The summed E-state index contributed by atoms with van der Waals surface area (Å²) in [5.41, 5.74) is 1.96. The molecule has 0 bridgehead atoms. The van der Waals surface area contributed by atoms with Crippen LogP contribution < -0.4 is 10.1 Å². The lowest BCUT2D eigenvalue weighted by atomic mass is 10.0. The minimum absolute atomic E-state index is 0.00587.